The number of hydrogen-bond acceptors (Lipinski definition) is 5. The average molecular weight is 383 g/mol. The molecule has 3 amide bonds. The van der Waals surface area contributed by atoms with Gasteiger partial charge in [-0.1, -0.05) is 30.3 Å². The van der Waals surface area contributed by atoms with Gasteiger partial charge in [0.1, 0.15) is 11.3 Å². The van der Waals surface area contributed by atoms with Gasteiger partial charge in [-0.3, -0.25) is 19.8 Å². The largest absolute Gasteiger partial charge is 0.497 e. The van der Waals surface area contributed by atoms with Crippen molar-refractivity contribution in [2.24, 2.45) is 0 Å². The lowest BCUT2D eigenvalue weighted by Gasteiger charge is -2.21. The fourth-order valence-electron chi connectivity index (χ4n) is 3.24. The zero-order valence-electron chi connectivity index (χ0n) is 15.7. The van der Waals surface area contributed by atoms with E-state index in [-0.39, 0.29) is 18.1 Å². The maximum atomic E-state index is 12.9. The Kier molecular flexibility index (Phi) is 5.30. The molecule has 0 aliphatic carbocycles. The number of carbonyl (C=O) groups excluding carboxylic acids is 2. The normalized spacial score (nSPS) is 18.9. The fourth-order valence-corrected chi connectivity index (χ4v) is 3.24. The number of methoxy groups -OCH3 is 1. The molecule has 1 aliphatic rings. The van der Waals surface area contributed by atoms with Crippen LogP contribution < -0.4 is 10.1 Å². The molecule has 8 nitrogen and oxygen atoms in total. The Morgan fingerprint density at radius 3 is 2.46 bits per heavy atom. The van der Waals surface area contributed by atoms with Crippen LogP contribution in [0.25, 0.3) is 0 Å². The van der Waals surface area contributed by atoms with Crippen molar-refractivity contribution in [2.75, 3.05) is 7.11 Å². The smallest absolute Gasteiger partial charge is 0.325 e. The number of carbonyl (C=O) groups is 2. The predicted molar refractivity (Wildman–Crippen MR) is 102 cm³/mol. The summed E-state index contributed by atoms with van der Waals surface area (Å²) in [5.74, 6) is 0.361. The van der Waals surface area contributed by atoms with Crippen LogP contribution in [0.2, 0.25) is 0 Å². The van der Waals surface area contributed by atoms with Gasteiger partial charge in [-0.15, -0.1) is 0 Å². The van der Waals surface area contributed by atoms with Crippen molar-refractivity contribution in [3.05, 3.63) is 69.8 Å². The Hall–Kier alpha value is -3.42. The molecular weight excluding hydrogens is 362 g/mol. The van der Waals surface area contributed by atoms with E-state index in [0.717, 1.165) is 16.2 Å². The van der Waals surface area contributed by atoms with Crippen LogP contribution in [-0.4, -0.2) is 34.4 Å². The van der Waals surface area contributed by atoms with E-state index in [1.165, 1.54) is 6.07 Å². The van der Waals surface area contributed by atoms with Crippen LogP contribution in [0.15, 0.2) is 48.5 Å². The van der Waals surface area contributed by atoms with Crippen molar-refractivity contribution in [2.45, 2.75) is 31.8 Å². The van der Waals surface area contributed by atoms with Crippen molar-refractivity contribution in [1.82, 2.24) is 10.2 Å². The van der Waals surface area contributed by atoms with E-state index >= 15 is 0 Å². The van der Waals surface area contributed by atoms with Gasteiger partial charge in [-0.25, -0.2) is 4.79 Å². The molecule has 1 saturated heterocycles. The van der Waals surface area contributed by atoms with Gasteiger partial charge in [0.15, 0.2) is 0 Å². The van der Waals surface area contributed by atoms with Gasteiger partial charge in [0.2, 0.25) is 0 Å². The lowest BCUT2D eigenvalue weighted by molar-refractivity contribution is -0.385. The van der Waals surface area contributed by atoms with Crippen molar-refractivity contribution in [3.63, 3.8) is 0 Å². The van der Waals surface area contributed by atoms with E-state index in [1.807, 2.05) is 24.3 Å². The first kappa shape index (κ1) is 19.3. The van der Waals surface area contributed by atoms with Gasteiger partial charge in [0.05, 0.1) is 18.6 Å². The lowest BCUT2D eigenvalue weighted by Crippen LogP contribution is -2.44. The number of hydrogen-bond donors (Lipinski definition) is 1. The second-order valence-electron chi connectivity index (χ2n) is 6.89. The molecule has 1 heterocycles. The van der Waals surface area contributed by atoms with Crippen LogP contribution in [0.5, 0.6) is 5.75 Å². The summed E-state index contributed by atoms with van der Waals surface area (Å²) in [7, 11) is 1.59. The maximum Gasteiger partial charge on any atom is 0.325 e. The third kappa shape index (κ3) is 3.80. The molecule has 28 heavy (non-hydrogen) atoms. The standard InChI is InChI=1S/C20H21N3O5/c1-20(12-11-14-7-9-16(28-2)10-8-14)18(24)22(19(25)21-20)13-15-5-3-4-6-17(15)23(26)27/h3-10H,11-13H2,1-2H3,(H,21,25)/t20-/m0/s1. The van der Waals surface area contributed by atoms with Crippen LogP contribution in [0, 0.1) is 10.1 Å². The molecule has 1 aliphatic heterocycles. The van der Waals surface area contributed by atoms with Gasteiger partial charge in [0.25, 0.3) is 11.6 Å². The number of imide groups is 1. The van der Waals surface area contributed by atoms with Crippen molar-refractivity contribution in [3.8, 4) is 5.75 Å². The summed E-state index contributed by atoms with van der Waals surface area (Å²) < 4.78 is 5.13. The second-order valence-corrected chi connectivity index (χ2v) is 6.89. The summed E-state index contributed by atoms with van der Waals surface area (Å²) >= 11 is 0. The molecule has 3 rings (SSSR count). The Morgan fingerprint density at radius 1 is 1.14 bits per heavy atom. The highest BCUT2D eigenvalue weighted by Gasteiger charge is 2.47. The third-order valence-corrected chi connectivity index (χ3v) is 4.93. The van der Waals surface area contributed by atoms with Gasteiger partial charge >= 0.3 is 6.03 Å². The van der Waals surface area contributed by atoms with Crippen molar-refractivity contribution < 1.29 is 19.2 Å². The summed E-state index contributed by atoms with van der Waals surface area (Å²) in [5.41, 5.74) is 0.159. The number of ether oxygens (including phenoxy) is 1. The Labute approximate surface area is 162 Å². The number of nitro groups is 1. The molecule has 1 atom stereocenters. The number of para-hydroxylation sites is 1. The molecule has 0 aromatic heterocycles. The van der Waals surface area contributed by atoms with Crippen LogP contribution in [0.4, 0.5) is 10.5 Å². The topological polar surface area (TPSA) is 102 Å². The second kappa shape index (κ2) is 7.67. The number of aryl methyl sites for hydroxylation is 1. The maximum absolute atomic E-state index is 12.9. The molecule has 2 aromatic rings. The Morgan fingerprint density at radius 2 is 1.82 bits per heavy atom. The van der Waals surface area contributed by atoms with Crippen molar-refractivity contribution in [1.29, 1.82) is 0 Å². The number of urea groups is 1. The number of rotatable bonds is 7. The molecule has 0 unspecified atom stereocenters. The fraction of sp³-hybridized carbons (Fsp3) is 0.300. The first-order valence-electron chi connectivity index (χ1n) is 8.83. The minimum Gasteiger partial charge on any atom is -0.497 e. The monoisotopic (exact) mass is 383 g/mol. The van der Waals surface area contributed by atoms with Gasteiger partial charge < -0.3 is 10.1 Å². The quantitative estimate of drug-likeness (QED) is 0.450. The first-order valence-corrected chi connectivity index (χ1v) is 8.83. The van der Waals surface area contributed by atoms with Gasteiger partial charge in [0, 0.05) is 11.6 Å². The molecular formula is C20H21N3O5. The molecule has 0 bridgehead atoms. The van der Waals surface area contributed by atoms with E-state index < -0.39 is 16.5 Å². The van der Waals surface area contributed by atoms with Gasteiger partial charge in [-0.2, -0.15) is 0 Å². The molecule has 1 fully saturated rings. The van der Waals surface area contributed by atoms with Gasteiger partial charge in [-0.05, 0) is 37.5 Å². The van der Waals surface area contributed by atoms with Crippen molar-refractivity contribution >= 4 is 17.6 Å². The van der Waals surface area contributed by atoms with Crippen LogP contribution >= 0.6 is 0 Å². The highest BCUT2D eigenvalue weighted by molar-refractivity contribution is 6.06. The number of nitro benzene ring substituents is 1. The molecule has 8 heteroatoms. The van der Waals surface area contributed by atoms with Crippen LogP contribution in [0.3, 0.4) is 0 Å². The minimum atomic E-state index is -1.05. The summed E-state index contributed by atoms with van der Waals surface area (Å²) in [4.78, 5) is 37.0. The highest BCUT2D eigenvalue weighted by atomic mass is 16.6. The first-order chi connectivity index (χ1) is 13.3. The van der Waals surface area contributed by atoms with E-state index in [4.69, 9.17) is 4.74 Å². The number of amides is 3. The van der Waals surface area contributed by atoms with E-state index in [2.05, 4.69) is 5.32 Å². The van der Waals surface area contributed by atoms with Crippen LogP contribution in [0.1, 0.15) is 24.5 Å². The number of benzene rings is 2. The molecule has 0 saturated carbocycles. The molecule has 146 valence electrons. The van der Waals surface area contributed by atoms with E-state index in [9.17, 15) is 19.7 Å². The number of nitrogens with one attached hydrogen (secondary N) is 1. The summed E-state index contributed by atoms with van der Waals surface area (Å²) in [6, 6.07) is 13.1. The molecule has 2 aromatic carbocycles. The summed E-state index contributed by atoms with van der Waals surface area (Å²) in [5, 5.41) is 13.9. The SMILES string of the molecule is COc1ccc(CC[C@]2(C)NC(=O)N(Cc3ccccc3[N+](=O)[O-])C2=O)cc1. The average Bonchev–Trinajstić information content (AvgIpc) is 2.90. The Balaban J connectivity index is 1.72. The number of nitrogens with zero attached hydrogens (tertiary/aromatic N) is 2. The summed E-state index contributed by atoms with van der Waals surface area (Å²) in [6.45, 7) is 1.54. The van der Waals surface area contributed by atoms with Crippen LogP contribution in [-0.2, 0) is 17.8 Å². The summed E-state index contributed by atoms with van der Waals surface area (Å²) in [6.07, 6.45) is 1.00. The van der Waals surface area contributed by atoms with E-state index in [0.29, 0.717) is 18.4 Å². The zero-order valence-corrected chi connectivity index (χ0v) is 15.7. The lowest BCUT2D eigenvalue weighted by atomic mass is 9.93. The third-order valence-electron chi connectivity index (χ3n) is 4.93. The molecule has 0 spiro atoms. The minimum absolute atomic E-state index is 0.116. The predicted octanol–water partition coefficient (Wildman–Crippen LogP) is 3.05. The molecule has 0 radical (unpaired) electrons. The highest BCUT2D eigenvalue weighted by Crippen LogP contribution is 2.27. The zero-order chi connectivity index (χ0) is 20.3. The van der Waals surface area contributed by atoms with E-state index in [1.54, 1.807) is 32.2 Å². The Bertz CT molecular complexity index is 912. The molecule has 1 N–H and O–H groups in total.